The molecule has 3 heteroatoms. The molecule has 0 aliphatic carbocycles. The highest BCUT2D eigenvalue weighted by Gasteiger charge is 2.17. The monoisotopic (exact) mass is 524 g/mol. The van der Waals surface area contributed by atoms with Gasteiger partial charge in [0.05, 0.1) is 11.2 Å². The lowest BCUT2D eigenvalue weighted by Gasteiger charge is -2.09. The summed E-state index contributed by atoms with van der Waals surface area (Å²) in [6.07, 6.45) is 0. The summed E-state index contributed by atoms with van der Waals surface area (Å²) in [6, 6.07) is 50.2. The molecule has 0 aliphatic rings. The van der Waals surface area contributed by atoms with E-state index in [9.17, 15) is 0 Å². The molecule has 0 radical (unpaired) electrons. The molecule has 0 N–H and O–H groups in total. The van der Waals surface area contributed by atoms with Crippen LogP contribution in [0, 0.1) is 0 Å². The molecule has 0 unspecified atom stereocenters. The minimum atomic E-state index is 0.696. The van der Waals surface area contributed by atoms with Crippen molar-refractivity contribution in [3.8, 4) is 44.9 Å². The number of hydrogen-bond donors (Lipinski definition) is 0. The normalized spacial score (nSPS) is 11.4. The Bertz CT molecular complexity index is 2180. The summed E-state index contributed by atoms with van der Waals surface area (Å²) < 4.78 is 6.54. The largest absolute Gasteiger partial charge is 0.455 e. The fourth-order valence-electron chi connectivity index (χ4n) is 5.67. The van der Waals surface area contributed by atoms with E-state index in [1.165, 1.54) is 5.56 Å². The van der Waals surface area contributed by atoms with Crippen molar-refractivity contribution in [3.05, 3.63) is 146 Å². The van der Waals surface area contributed by atoms with E-state index in [1.54, 1.807) is 0 Å². The van der Waals surface area contributed by atoms with Crippen molar-refractivity contribution in [2.75, 3.05) is 0 Å². The summed E-state index contributed by atoms with van der Waals surface area (Å²) in [4.78, 5) is 10.1. The molecule has 0 spiro atoms. The van der Waals surface area contributed by atoms with Gasteiger partial charge in [0.25, 0.3) is 0 Å². The molecule has 3 nitrogen and oxygen atoms in total. The fourth-order valence-corrected chi connectivity index (χ4v) is 5.67. The van der Waals surface area contributed by atoms with Crippen LogP contribution in [-0.2, 0) is 0 Å². The zero-order valence-electron chi connectivity index (χ0n) is 22.2. The van der Waals surface area contributed by atoms with Gasteiger partial charge in [-0.15, -0.1) is 0 Å². The van der Waals surface area contributed by atoms with E-state index in [1.807, 2.05) is 48.5 Å². The van der Waals surface area contributed by atoms with Crippen LogP contribution in [0.4, 0.5) is 0 Å². The Balaban J connectivity index is 1.38. The number of hydrogen-bond acceptors (Lipinski definition) is 3. The highest BCUT2D eigenvalue weighted by molar-refractivity contribution is 6.12. The Kier molecular flexibility index (Phi) is 5.46. The summed E-state index contributed by atoms with van der Waals surface area (Å²) in [5.74, 6) is 0.696. The first kappa shape index (κ1) is 23.4. The predicted octanol–water partition coefficient (Wildman–Crippen LogP) is 10.2. The average Bonchev–Trinajstić information content (AvgIpc) is 3.43. The quantitative estimate of drug-likeness (QED) is 0.230. The van der Waals surface area contributed by atoms with Crippen LogP contribution in [0.5, 0.6) is 0 Å². The fraction of sp³-hybridized carbons (Fsp3) is 0. The number of benzene rings is 6. The molecule has 0 aliphatic heterocycles. The number of nitrogens with zero attached hydrogens (tertiary/aromatic N) is 2. The van der Waals surface area contributed by atoms with Gasteiger partial charge in [-0.3, -0.25) is 0 Å². The molecule has 0 saturated heterocycles. The number of rotatable bonds is 4. The minimum absolute atomic E-state index is 0.696. The maximum Gasteiger partial charge on any atom is 0.160 e. The molecule has 192 valence electrons. The summed E-state index contributed by atoms with van der Waals surface area (Å²) in [7, 11) is 0. The lowest BCUT2D eigenvalue weighted by molar-refractivity contribution is 0.670. The SMILES string of the molecule is c1ccc(-c2cc(-c3ccccc3)c3oc4ccc(-c5nc(-c6ccccc6)c6ccccc6n5)cc4c3c2)cc1. The zero-order valence-corrected chi connectivity index (χ0v) is 22.2. The number of furan rings is 1. The Morgan fingerprint density at radius 1 is 0.415 bits per heavy atom. The van der Waals surface area contributed by atoms with Crippen LogP contribution < -0.4 is 0 Å². The van der Waals surface area contributed by atoms with Crippen molar-refractivity contribution in [3.63, 3.8) is 0 Å². The maximum atomic E-state index is 6.54. The van der Waals surface area contributed by atoms with Gasteiger partial charge < -0.3 is 4.42 Å². The van der Waals surface area contributed by atoms with Crippen LogP contribution in [0.25, 0.3) is 77.7 Å². The third-order valence-electron chi connectivity index (χ3n) is 7.67. The second-order valence-corrected chi connectivity index (χ2v) is 10.2. The molecule has 2 aromatic heterocycles. The molecule has 0 atom stereocenters. The topological polar surface area (TPSA) is 38.9 Å². The molecule has 6 aromatic carbocycles. The highest BCUT2D eigenvalue weighted by Crippen LogP contribution is 2.40. The average molecular weight is 525 g/mol. The number of para-hydroxylation sites is 1. The van der Waals surface area contributed by atoms with Crippen molar-refractivity contribution < 1.29 is 4.42 Å². The van der Waals surface area contributed by atoms with Crippen molar-refractivity contribution in [1.29, 1.82) is 0 Å². The van der Waals surface area contributed by atoms with Crippen molar-refractivity contribution in [1.82, 2.24) is 9.97 Å². The van der Waals surface area contributed by atoms with Gasteiger partial charge in [0, 0.05) is 32.8 Å². The second-order valence-electron chi connectivity index (χ2n) is 10.2. The molecule has 2 heterocycles. The minimum Gasteiger partial charge on any atom is -0.455 e. The highest BCUT2D eigenvalue weighted by atomic mass is 16.3. The van der Waals surface area contributed by atoms with Crippen LogP contribution in [0.2, 0.25) is 0 Å². The molecule has 0 bridgehead atoms. The first-order valence-corrected chi connectivity index (χ1v) is 13.8. The van der Waals surface area contributed by atoms with Crippen LogP contribution in [0.1, 0.15) is 0 Å². The molecular formula is C38H24N2O. The van der Waals surface area contributed by atoms with E-state index >= 15 is 0 Å². The first-order chi connectivity index (χ1) is 20.3. The van der Waals surface area contributed by atoms with Crippen molar-refractivity contribution in [2.45, 2.75) is 0 Å². The summed E-state index contributed by atoms with van der Waals surface area (Å²) in [6.45, 7) is 0. The van der Waals surface area contributed by atoms with Gasteiger partial charge in [0.2, 0.25) is 0 Å². The lowest BCUT2D eigenvalue weighted by Crippen LogP contribution is -1.95. The third kappa shape index (κ3) is 4.07. The zero-order chi connectivity index (χ0) is 27.2. The van der Waals surface area contributed by atoms with Gasteiger partial charge in [-0.1, -0.05) is 109 Å². The molecule has 41 heavy (non-hydrogen) atoms. The van der Waals surface area contributed by atoms with E-state index in [0.29, 0.717) is 5.82 Å². The predicted molar refractivity (Wildman–Crippen MR) is 169 cm³/mol. The van der Waals surface area contributed by atoms with Gasteiger partial charge in [-0.25, -0.2) is 9.97 Å². The van der Waals surface area contributed by atoms with Gasteiger partial charge >= 0.3 is 0 Å². The molecule has 0 amide bonds. The number of fused-ring (bicyclic) bond motifs is 4. The van der Waals surface area contributed by atoms with Crippen molar-refractivity contribution in [2.24, 2.45) is 0 Å². The summed E-state index contributed by atoms with van der Waals surface area (Å²) >= 11 is 0. The molecular weight excluding hydrogens is 500 g/mol. The van der Waals surface area contributed by atoms with Crippen LogP contribution in [-0.4, -0.2) is 9.97 Å². The molecule has 8 aromatic rings. The Morgan fingerprint density at radius 3 is 1.80 bits per heavy atom. The molecule has 0 saturated carbocycles. The summed E-state index contributed by atoms with van der Waals surface area (Å²) in [5, 5.41) is 3.16. The van der Waals surface area contributed by atoms with Crippen molar-refractivity contribution >= 4 is 32.8 Å². The van der Waals surface area contributed by atoms with Crippen LogP contribution >= 0.6 is 0 Å². The van der Waals surface area contributed by atoms with Crippen LogP contribution in [0.15, 0.2) is 150 Å². The standard InChI is InChI=1S/C38H24N2O/c1-4-12-25(13-5-1)29-23-31(26-14-6-2-7-15-26)37-33(24-29)32-22-28(20-21-35(32)41-37)38-39-34-19-11-10-18-30(34)36(40-38)27-16-8-3-9-17-27/h1-24H. The van der Waals surface area contributed by atoms with E-state index < -0.39 is 0 Å². The second kappa shape index (κ2) is 9.58. The van der Waals surface area contributed by atoms with E-state index in [2.05, 4.69) is 97.1 Å². The Hall–Kier alpha value is -5.54. The van der Waals surface area contributed by atoms with Gasteiger partial charge in [0.1, 0.15) is 11.2 Å². The van der Waals surface area contributed by atoms with E-state index in [0.717, 1.165) is 66.4 Å². The van der Waals surface area contributed by atoms with Gasteiger partial charge in [-0.05, 0) is 53.1 Å². The smallest absolute Gasteiger partial charge is 0.160 e. The van der Waals surface area contributed by atoms with Gasteiger partial charge in [0.15, 0.2) is 5.82 Å². The maximum absolute atomic E-state index is 6.54. The Morgan fingerprint density at radius 2 is 1.05 bits per heavy atom. The van der Waals surface area contributed by atoms with Gasteiger partial charge in [-0.2, -0.15) is 0 Å². The van der Waals surface area contributed by atoms with E-state index in [-0.39, 0.29) is 0 Å². The Labute approximate surface area is 237 Å². The summed E-state index contributed by atoms with van der Waals surface area (Å²) in [5.41, 5.74) is 10.1. The molecule has 8 rings (SSSR count). The first-order valence-electron chi connectivity index (χ1n) is 13.8. The molecule has 0 fully saturated rings. The number of aromatic nitrogens is 2. The third-order valence-corrected chi connectivity index (χ3v) is 7.67. The van der Waals surface area contributed by atoms with E-state index in [4.69, 9.17) is 14.4 Å². The lowest BCUT2D eigenvalue weighted by atomic mass is 9.95. The van der Waals surface area contributed by atoms with Crippen LogP contribution in [0.3, 0.4) is 0 Å².